The van der Waals surface area contributed by atoms with Crippen LogP contribution in [0.3, 0.4) is 0 Å². The molecule has 0 aliphatic heterocycles. The van der Waals surface area contributed by atoms with Crippen LogP contribution in [0, 0.1) is 11.3 Å². The number of pyridine rings is 1. The zero-order valence-corrected chi connectivity index (χ0v) is 6.40. The number of aromatic nitrogens is 1. The van der Waals surface area contributed by atoms with E-state index in [1.54, 1.807) is 29.1 Å². The lowest BCUT2D eigenvalue weighted by molar-refractivity contribution is -0.684. The highest BCUT2D eigenvalue weighted by Gasteiger charge is 2.03. The fraction of sp³-hybridized carbons (Fsp3) is 0.125. The molecule has 0 saturated carbocycles. The second kappa shape index (κ2) is 3.49. The number of rotatable bonds is 2. The first kappa shape index (κ1) is 8.21. The number of nitriles is 1. The number of hydrogen-bond acceptors (Lipinski definition) is 2. The number of primary amides is 1. The molecule has 2 N–H and O–H groups in total. The van der Waals surface area contributed by atoms with E-state index < -0.39 is 5.91 Å². The van der Waals surface area contributed by atoms with Crippen LogP contribution in [0.15, 0.2) is 24.5 Å². The van der Waals surface area contributed by atoms with Crippen LogP contribution in [0.25, 0.3) is 0 Å². The second-order valence-electron chi connectivity index (χ2n) is 2.34. The fourth-order valence-electron chi connectivity index (χ4n) is 0.817. The summed E-state index contributed by atoms with van der Waals surface area (Å²) in [7, 11) is 0. The summed E-state index contributed by atoms with van der Waals surface area (Å²) in [6, 6.07) is 5.23. The van der Waals surface area contributed by atoms with E-state index in [1.807, 2.05) is 6.07 Å². The molecule has 0 atom stereocenters. The summed E-state index contributed by atoms with van der Waals surface area (Å²) < 4.78 is 1.61. The van der Waals surface area contributed by atoms with Gasteiger partial charge in [0.15, 0.2) is 12.4 Å². The minimum atomic E-state index is -0.398. The quantitative estimate of drug-likeness (QED) is 0.586. The van der Waals surface area contributed by atoms with E-state index in [2.05, 4.69) is 0 Å². The fourth-order valence-corrected chi connectivity index (χ4v) is 0.817. The van der Waals surface area contributed by atoms with Gasteiger partial charge < -0.3 is 5.73 Å². The summed E-state index contributed by atoms with van der Waals surface area (Å²) in [5.74, 6) is -0.398. The van der Waals surface area contributed by atoms with Crippen molar-refractivity contribution in [3.05, 3.63) is 30.1 Å². The molecule has 0 radical (unpaired) electrons. The Morgan fingerprint density at radius 1 is 1.58 bits per heavy atom. The van der Waals surface area contributed by atoms with Crippen LogP contribution in [0.5, 0.6) is 0 Å². The maximum absolute atomic E-state index is 10.5. The number of nitrogens with two attached hydrogens (primary N) is 1. The molecule has 1 aromatic heterocycles. The van der Waals surface area contributed by atoms with Crippen LogP contribution >= 0.6 is 0 Å². The molecule has 1 heterocycles. The molecule has 1 rings (SSSR count). The van der Waals surface area contributed by atoms with Gasteiger partial charge in [0.25, 0.3) is 5.91 Å². The van der Waals surface area contributed by atoms with Crippen molar-refractivity contribution < 1.29 is 9.36 Å². The molecule has 4 nitrogen and oxygen atoms in total. The molecule has 0 aromatic carbocycles. The van der Waals surface area contributed by atoms with Crippen molar-refractivity contribution in [2.45, 2.75) is 6.54 Å². The molecular weight excluding hydrogens is 154 g/mol. The summed E-state index contributed by atoms with van der Waals surface area (Å²) in [4.78, 5) is 10.5. The van der Waals surface area contributed by atoms with Crippen molar-refractivity contribution in [1.82, 2.24) is 0 Å². The molecule has 12 heavy (non-hydrogen) atoms. The second-order valence-corrected chi connectivity index (χ2v) is 2.34. The molecule has 0 aliphatic carbocycles. The van der Waals surface area contributed by atoms with Gasteiger partial charge in [-0.2, -0.15) is 9.83 Å². The third-order valence-corrected chi connectivity index (χ3v) is 1.36. The summed E-state index contributed by atoms with van der Waals surface area (Å²) in [6.07, 6.45) is 3.28. The standard InChI is InChI=1S/C8H7N3O/c9-5-7-1-3-11(4-2-7)6-8(10)12/h1-4H,6H2,(H-,10,12)/p+1. The van der Waals surface area contributed by atoms with Gasteiger partial charge in [-0.1, -0.05) is 0 Å². The third kappa shape index (κ3) is 2.06. The van der Waals surface area contributed by atoms with Gasteiger partial charge in [0.1, 0.15) is 0 Å². The van der Waals surface area contributed by atoms with Crippen LogP contribution in [-0.2, 0) is 11.3 Å². The summed E-state index contributed by atoms with van der Waals surface area (Å²) in [5.41, 5.74) is 5.54. The van der Waals surface area contributed by atoms with Gasteiger partial charge in [-0.25, -0.2) is 0 Å². The first-order valence-electron chi connectivity index (χ1n) is 3.40. The van der Waals surface area contributed by atoms with E-state index in [1.165, 1.54) is 0 Å². The highest BCUT2D eigenvalue weighted by molar-refractivity contribution is 5.72. The molecular formula is C8H8N3O+. The Labute approximate surface area is 69.8 Å². The van der Waals surface area contributed by atoms with Crippen LogP contribution in [0.1, 0.15) is 5.56 Å². The third-order valence-electron chi connectivity index (χ3n) is 1.36. The Bertz CT molecular complexity index is 323. The summed E-state index contributed by atoms with van der Waals surface area (Å²) in [5, 5.41) is 8.46. The smallest absolute Gasteiger partial charge is 0.283 e. The van der Waals surface area contributed by atoms with Crippen LogP contribution in [0.4, 0.5) is 0 Å². The molecule has 0 unspecified atom stereocenters. The predicted molar refractivity (Wildman–Crippen MR) is 40.5 cm³/mol. The van der Waals surface area contributed by atoms with E-state index in [0.29, 0.717) is 5.56 Å². The lowest BCUT2D eigenvalue weighted by Gasteiger charge is -1.90. The Hall–Kier alpha value is -1.89. The zero-order chi connectivity index (χ0) is 8.97. The number of nitrogens with zero attached hydrogens (tertiary/aromatic N) is 2. The van der Waals surface area contributed by atoms with Gasteiger partial charge in [-0.15, -0.1) is 0 Å². The maximum atomic E-state index is 10.5. The number of carbonyl (C=O) groups excluding carboxylic acids is 1. The number of carbonyl (C=O) groups is 1. The summed E-state index contributed by atoms with van der Waals surface area (Å²) in [6.45, 7) is 0.145. The molecule has 0 bridgehead atoms. The largest absolute Gasteiger partial charge is 0.364 e. The SMILES string of the molecule is N#Cc1cc[n+](CC(N)=O)cc1. The molecule has 0 saturated heterocycles. The highest BCUT2D eigenvalue weighted by Crippen LogP contribution is 1.89. The van der Waals surface area contributed by atoms with E-state index in [4.69, 9.17) is 11.0 Å². The maximum Gasteiger partial charge on any atom is 0.283 e. The van der Waals surface area contributed by atoms with Crippen LogP contribution < -0.4 is 10.3 Å². The zero-order valence-electron chi connectivity index (χ0n) is 6.40. The van der Waals surface area contributed by atoms with Crippen molar-refractivity contribution in [2.75, 3.05) is 0 Å². The lowest BCUT2D eigenvalue weighted by atomic mass is 10.3. The van der Waals surface area contributed by atoms with E-state index in [0.717, 1.165) is 0 Å². The molecule has 1 aromatic rings. The molecule has 0 fully saturated rings. The molecule has 1 amide bonds. The first-order valence-corrected chi connectivity index (χ1v) is 3.40. The van der Waals surface area contributed by atoms with Gasteiger partial charge in [0, 0.05) is 12.1 Å². The van der Waals surface area contributed by atoms with E-state index in [9.17, 15) is 4.79 Å². The minimum absolute atomic E-state index is 0.145. The Balaban J connectivity index is 2.80. The van der Waals surface area contributed by atoms with Crippen molar-refractivity contribution in [2.24, 2.45) is 5.73 Å². The topological polar surface area (TPSA) is 70.8 Å². The van der Waals surface area contributed by atoms with Crippen molar-refractivity contribution in [3.8, 4) is 6.07 Å². The van der Waals surface area contributed by atoms with E-state index >= 15 is 0 Å². The van der Waals surface area contributed by atoms with Crippen molar-refractivity contribution in [3.63, 3.8) is 0 Å². The lowest BCUT2D eigenvalue weighted by Crippen LogP contribution is -2.39. The van der Waals surface area contributed by atoms with Gasteiger partial charge in [0.2, 0.25) is 6.54 Å². The normalized spacial score (nSPS) is 8.92. The summed E-state index contributed by atoms with van der Waals surface area (Å²) >= 11 is 0. The monoisotopic (exact) mass is 162 g/mol. The average molecular weight is 162 g/mol. The molecule has 60 valence electrons. The van der Waals surface area contributed by atoms with E-state index in [-0.39, 0.29) is 6.54 Å². The highest BCUT2D eigenvalue weighted by atomic mass is 16.1. The average Bonchev–Trinajstić information content (AvgIpc) is 2.05. The van der Waals surface area contributed by atoms with Gasteiger partial charge in [0.05, 0.1) is 11.6 Å². The van der Waals surface area contributed by atoms with Gasteiger partial charge >= 0.3 is 0 Å². The first-order chi connectivity index (χ1) is 5.72. The molecule has 0 aliphatic rings. The van der Waals surface area contributed by atoms with Gasteiger partial charge in [-0.05, 0) is 0 Å². The minimum Gasteiger partial charge on any atom is -0.364 e. The van der Waals surface area contributed by atoms with Crippen molar-refractivity contribution >= 4 is 5.91 Å². The van der Waals surface area contributed by atoms with Gasteiger partial charge in [-0.3, -0.25) is 4.79 Å². The number of amides is 1. The Morgan fingerprint density at radius 3 is 2.58 bits per heavy atom. The Kier molecular flexibility index (Phi) is 2.38. The van der Waals surface area contributed by atoms with Crippen LogP contribution in [-0.4, -0.2) is 5.91 Å². The number of hydrogen-bond donors (Lipinski definition) is 1. The molecule has 0 spiro atoms. The van der Waals surface area contributed by atoms with Crippen LogP contribution in [0.2, 0.25) is 0 Å². The van der Waals surface area contributed by atoms with Crippen molar-refractivity contribution in [1.29, 1.82) is 5.26 Å². The Morgan fingerprint density at radius 2 is 2.17 bits per heavy atom. The predicted octanol–water partition coefficient (Wildman–Crippen LogP) is -0.669. The molecule has 4 heteroatoms.